The summed E-state index contributed by atoms with van der Waals surface area (Å²) in [5.74, 6) is -1.46. The summed E-state index contributed by atoms with van der Waals surface area (Å²) in [4.78, 5) is 49.6. The van der Waals surface area contributed by atoms with Crippen LogP contribution in [-0.2, 0) is 16.1 Å². The molecule has 4 N–H and O–H groups in total. The molecule has 1 unspecified atom stereocenters. The number of aromatic nitrogens is 2. The Morgan fingerprint density at radius 3 is 2.52 bits per heavy atom. The molecular formula is C18H19Cl2N5O5S. The molecule has 2 aliphatic rings. The fourth-order valence-corrected chi connectivity index (χ4v) is 5.27. The molecule has 31 heavy (non-hydrogen) atoms. The highest BCUT2D eigenvalue weighted by atomic mass is 35.5. The van der Waals surface area contributed by atoms with Crippen LogP contribution in [0.2, 0.25) is 10.0 Å². The number of rotatable bonds is 7. The van der Waals surface area contributed by atoms with Gasteiger partial charge in [-0.2, -0.15) is 0 Å². The first kappa shape index (κ1) is 21.9. The minimum atomic E-state index is -1.13. The first-order chi connectivity index (χ1) is 14.7. The lowest BCUT2D eigenvalue weighted by Gasteiger charge is -2.19. The molecule has 0 radical (unpaired) electrons. The molecule has 4 rings (SSSR count). The summed E-state index contributed by atoms with van der Waals surface area (Å²) in [5.41, 5.74) is 3.23. The summed E-state index contributed by atoms with van der Waals surface area (Å²) in [6.07, 6.45) is -0.190. The molecule has 1 aliphatic heterocycles. The summed E-state index contributed by atoms with van der Waals surface area (Å²) < 4.78 is 0. The van der Waals surface area contributed by atoms with Crippen molar-refractivity contribution < 1.29 is 24.3 Å². The number of piperidine rings is 1. The van der Waals surface area contributed by atoms with Crippen LogP contribution in [0.5, 0.6) is 0 Å². The van der Waals surface area contributed by atoms with Crippen LogP contribution in [0.25, 0.3) is 0 Å². The molecule has 166 valence electrons. The number of hydrogen-bond acceptors (Lipinski definition) is 7. The van der Waals surface area contributed by atoms with Gasteiger partial charge in [0.15, 0.2) is 5.13 Å². The predicted molar refractivity (Wildman–Crippen MR) is 114 cm³/mol. The maximum atomic E-state index is 12.5. The number of H-pyrrole nitrogens is 1. The third-order valence-electron chi connectivity index (χ3n) is 5.47. The predicted octanol–water partition coefficient (Wildman–Crippen LogP) is 1.87. The number of amides is 2. The van der Waals surface area contributed by atoms with Crippen molar-refractivity contribution in [2.45, 2.75) is 19.4 Å². The number of anilines is 1. The molecule has 3 atom stereocenters. The minimum Gasteiger partial charge on any atom is -0.477 e. The molecule has 2 aromatic heterocycles. The summed E-state index contributed by atoms with van der Waals surface area (Å²) >= 11 is 13.2. The Bertz CT molecular complexity index is 1060. The monoisotopic (exact) mass is 487 g/mol. The van der Waals surface area contributed by atoms with Crippen molar-refractivity contribution in [3.8, 4) is 0 Å². The van der Waals surface area contributed by atoms with Crippen molar-refractivity contribution in [2.24, 2.45) is 11.8 Å². The van der Waals surface area contributed by atoms with Crippen LogP contribution in [0, 0.1) is 18.8 Å². The molecule has 1 aliphatic carbocycles. The van der Waals surface area contributed by atoms with Crippen LogP contribution >= 0.6 is 34.5 Å². The molecule has 1 saturated carbocycles. The normalized spacial score (nSPS) is 21.7. The first-order valence-corrected chi connectivity index (χ1v) is 10.9. The Kier molecular flexibility index (Phi) is 5.86. The highest BCUT2D eigenvalue weighted by Crippen LogP contribution is 2.48. The number of hydroxylamine groups is 1. The molecule has 2 fully saturated rings. The smallest absolute Gasteiger partial charge is 0.347 e. The minimum absolute atomic E-state index is 0.00746. The molecular weight excluding hydrogens is 469 g/mol. The van der Waals surface area contributed by atoms with Gasteiger partial charge in [0.2, 0.25) is 5.91 Å². The van der Waals surface area contributed by atoms with Crippen molar-refractivity contribution in [3.63, 3.8) is 0 Å². The van der Waals surface area contributed by atoms with E-state index in [9.17, 15) is 19.5 Å². The maximum absolute atomic E-state index is 12.5. The zero-order chi connectivity index (χ0) is 22.4. The van der Waals surface area contributed by atoms with Crippen molar-refractivity contribution in [3.05, 3.63) is 32.0 Å². The number of nitrogens with zero attached hydrogens (tertiary/aromatic N) is 2. The second-order valence-corrected chi connectivity index (χ2v) is 9.20. The third kappa shape index (κ3) is 4.10. The highest BCUT2D eigenvalue weighted by molar-refractivity contribution is 7.17. The van der Waals surface area contributed by atoms with Crippen LogP contribution in [0.15, 0.2) is 0 Å². The number of hydrogen-bond donors (Lipinski definition) is 4. The van der Waals surface area contributed by atoms with Crippen molar-refractivity contribution in [2.75, 3.05) is 25.1 Å². The second-order valence-electron chi connectivity index (χ2n) is 7.47. The van der Waals surface area contributed by atoms with E-state index in [0.717, 1.165) is 11.3 Å². The number of aromatic carboxylic acids is 1. The van der Waals surface area contributed by atoms with E-state index in [1.807, 2.05) is 4.90 Å². The number of thiazole rings is 1. The number of carboxylic acids is 1. The van der Waals surface area contributed by atoms with Gasteiger partial charge in [-0.3, -0.25) is 14.4 Å². The quantitative estimate of drug-likeness (QED) is 0.437. The SMILES string of the molecule is CONC(=O)Cc1nc(N2C[C@@H]3C(NC(=O)c4[nH]c(C)c(Cl)c4Cl)[C@@H]3C2)sc1C(=O)O. The molecule has 10 nitrogen and oxygen atoms in total. The number of carbonyl (C=O) groups is 3. The Labute approximate surface area is 190 Å². The standard InChI is InChI=1S/C18H19Cl2N5O5S/c1-6-11(19)12(20)14(21-6)16(27)23-13-7-4-25(5-8(7)13)18-22-9(3-10(26)24-30-2)15(31-18)17(28)29/h7-8,13,21H,3-5H2,1-2H3,(H,23,27)(H,24,26)(H,28,29)/t7-,8+,13?. The van der Waals surface area contributed by atoms with E-state index in [1.54, 1.807) is 6.92 Å². The van der Waals surface area contributed by atoms with Crippen molar-refractivity contribution in [1.82, 2.24) is 20.8 Å². The van der Waals surface area contributed by atoms with E-state index in [1.165, 1.54) is 7.11 Å². The van der Waals surface area contributed by atoms with E-state index in [4.69, 9.17) is 23.2 Å². The number of carboxylic acid groups (broad SMARTS) is 1. The van der Waals surface area contributed by atoms with Crippen LogP contribution < -0.4 is 15.7 Å². The summed E-state index contributed by atoms with van der Waals surface area (Å²) in [6, 6.07) is 0.00746. The number of nitrogens with one attached hydrogen (secondary N) is 3. The van der Waals surface area contributed by atoms with Gasteiger partial charge in [-0.25, -0.2) is 15.3 Å². The van der Waals surface area contributed by atoms with Gasteiger partial charge in [0, 0.05) is 36.7 Å². The summed E-state index contributed by atoms with van der Waals surface area (Å²) in [5, 5.41) is 13.5. The average Bonchev–Trinajstić information content (AvgIpc) is 3.09. The fourth-order valence-electron chi connectivity index (χ4n) is 3.91. The molecule has 2 aromatic rings. The van der Waals surface area contributed by atoms with E-state index < -0.39 is 11.9 Å². The van der Waals surface area contributed by atoms with Crippen LogP contribution in [0.3, 0.4) is 0 Å². The third-order valence-corrected chi connectivity index (χ3v) is 7.56. The van der Waals surface area contributed by atoms with Gasteiger partial charge in [0.05, 0.1) is 29.3 Å². The number of halogens is 2. The topological polar surface area (TPSA) is 137 Å². The first-order valence-electron chi connectivity index (χ1n) is 9.35. The highest BCUT2D eigenvalue weighted by Gasteiger charge is 2.57. The van der Waals surface area contributed by atoms with Gasteiger partial charge < -0.3 is 20.3 Å². The van der Waals surface area contributed by atoms with Gasteiger partial charge >= 0.3 is 5.97 Å². The lowest BCUT2D eigenvalue weighted by Crippen LogP contribution is -2.34. The number of fused-ring (bicyclic) bond motifs is 1. The number of aromatic amines is 1. The van der Waals surface area contributed by atoms with Crippen LogP contribution in [-0.4, -0.2) is 59.1 Å². The van der Waals surface area contributed by atoms with Crippen molar-refractivity contribution >= 4 is 57.5 Å². The number of aryl methyl sites for hydroxylation is 1. The van der Waals surface area contributed by atoms with Gasteiger partial charge in [-0.1, -0.05) is 34.5 Å². The Balaban J connectivity index is 1.39. The molecule has 0 bridgehead atoms. The molecule has 13 heteroatoms. The lowest BCUT2D eigenvalue weighted by atomic mass is 10.2. The van der Waals surface area contributed by atoms with Crippen LogP contribution in [0.4, 0.5) is 5.13 Å². The van der Waals surface area contributed by atoms with Crippen LogP contribution in [0.1, 0.15) is 31.5 Å². The van der Waals surface area contributed by atoms with E-state index in [2.05, 4.69) is 25.6 Å². The lowest BCUT2D eigenvalue weighted by molar-refractivity contribution is -0.130. The van der Waals surface area contributed by atoms with Gasteiger partial charge in [0.25, 0.3) is 5.91 Å². The van der Waals surface area contributed by atoms with E-state index >= 15 is 0 Å². The van der Waals surface area contributed by atoms with Gasteiger partial charge in [-0.05, 0) is 6.92 Å². The zero-order valence-electron chi connectivity index (χ0n) is 16.5. The Hall–Kier alpha value is -2.34. The number of carbonyl (C=O) groups excluding carboxylic acids is 2. The Morgan fingerprint density at radius 1 is 1.29 bits per heavy atom. The zero-order valence-corrected chi connectivity index (χ0v) is 18.8. The average molecular weight is 488 g/mol. The molecule has 3 heterocycles. The largest absolute Gasteiger partial charge is 0.477 e. The van der Waals surface area contributed by atoms with E-state index in [0.29, 0.717) is 28.9 Å². The summed E-state index contributed by atoms with van der Waals surface area (Å²) in [6.45, 7) is 3.00. The molecule has 0 aromatic carbocycles. The fraction of sp³-hybridized carbons (Fsp3) is 0.444. The van der Waals surface area contributed by atoms with Gasteiger partial charge in [-0.15, -0.1) is 0 Å². The molecule has 1 saturated heterocycles. The molecule has 0 spiro atoms. The Morgan fingerprint density at radius 2 is 1.97 bits per heavy atom. The van der Waals surface area contributed by atoms with Gasteiger partial charge in [0.1, 0.15) is 10.6 Å². The maximum Gasteiger partial charge on any atom is 0.347 e. The second kappa shape index (κ2) is 8.30. The summed E-state index contributed by atoms with van der Waals surface area (Å²) in [7, 11) is 1.30. The van der Waals surface area contributed by atoms with Crippen molar-refractivity contribution in [1.29, 1.82) is 0 Å². The molecule has 2 amide bonds. The van der Waals surface area contributed by atoms with E-state index in [-0.39, 0.29) is 51.5 Å².